The second-order valence-corrected chi connectivity index (χ2v) is 4.70. The summed E-state index contributed by atoms with van der Waals surface area (Å²) in [4.78, 5) is 23.3. The molecule has 1 aliphatic heterocycles. The van der Waals surface area contributed by atoms with Crippen molar-refractivity contribution in [3.8, 4) is 0 Å². The minimum absolute atomic E-state index is 0.0113. The molecule has 2 atom stereocenters. The number of hydrogen-bond acceptors (Lipinski definition) is 3. The van der Waals surface area contributed by atoms with Crippen LogP contribution in [0.1, 0.15) is 20.3 Å². The third kappa shape index (κ3) is 3.15. The van der Waals surface area contributed by atoms with E-state index in [1.54, 1.807) is 13.8 Å². The van der Waals surface area contributed by atoms with Gasteiger partial charge in [-0.25, -0.2) is 4.39 Å². The Hall–Kier alpha value is -1.17. The molecule has 5 nitrogen and oxygen atoms in total. The normalized spacial score (nSPS) is 25.7. The molecule has 0 aromatic rings. The van der Waals surface area contributed by atoms with E-state index in [4.69, 9.17) is 0 Å². The van der Waals surface area contributed by atoms with Crippen molar-refractivity contribution in [2.24, 2.45) is 5.92 Å². The highest BCUT2D eigenvalue weighted by Gasteiger charge is 2.43. The van der Waals surface area contributed by atoms with Gasteiger partial charge in [0.05, 0.1) is 0 Å². The molecule has 0 saturated carbocycles. The van der Waals surface area contributed by atoms with Gasteiger partial charge in [0.2, 0.25) is 11.6 Å². The summed E-state index contributed by atoms with van der Waals surface area (Å²) in [5, 5.41) is 7.75. The maximum atomic E-state index is 14.1. The molecule has 1 saturated heterocycles. The number of hydrogen-bond donors (Lipinski definition) is 3. The van der Waals surface area contributed by atoms with E-state index in [2.05, 4.69) is 16.0 Å². The molecule has 1 heterocycles. The first-order valence-corrected chi connectivity index (χ1v) is 5.83. The Labute approximate surface area is 101 Å². The van der Waals surface area contributed by atoms with Crippen LogP contribution in [-0.2, 0) is 9.59 Å². The number of likely N-dealkylation sites (N-methyl/N-ethyl adjacent to an activating group) is 1. The summed E-state index contributed by atoms with van der Waals surface area (Å²) in [6.45, 7) is 4.10. The third-order valence-corrected chi connectivity index (χ3v) is 2.99. The predicted molar refractivity (Wildman–Crippen MR) is 62.2 cm³/mol. The molecule has 0 aromatic heterocycles. The predicted octanol–water partition coefficient (Wildman–Crippen LogP) is -0.425. The summed E-state index contributed by atoms with van der Waals surface area (Å²) < 4.78 is 14.1. The van der Waals surface area contributed by atoms with E-state index in [0.29, 0.717) is 6.54 Å². The monoisotopic (exact) mass is 245 g/mol. The fourth-order valence-electron chi connectivity index (χ4n) is 1.82. The van der Waals surface area contributed by atoms with Crippen LogP contribution in [0.3, 0.4) is 0 Å². The summed E-state index contributed by atoms with van der Waals surface area (Å²) in [6, 6.07) is -0.694. The number of carbonyl (C=O) groups excluding carboxylic acids is 2. The van der Waals surface area contributed by atoms with Crippen molar-refractivity contribution in [3.05, 3.63) is 0 Å². The van der Waals surface area contributed by atoms with Crippen molar-refractivity contribution in [2.75, 3.05) is 20.1 Å². The molecule has 2 amide bonds. The van der Waals surface area contributed by atoms with Crippen molar-refractivity contribution in [1.29, 1.82) is 0 Å². The molecule has 3 N–H and O–H groups in total. The zero-order chi connectivity index (χ0) is 13.1. The summed E-state index contributed by atoms with van der Waals surface area (Å²) >= 11 is 0. The summed E-state index contributed by atoms with van der Waals surface area (Å²) in [7, 11) is 1.49. The van der Waals surface area contributed by atoms with Crippen LogP contribution < -0.4 is 16.0 Å². The number of halogens is 1. The Morgan fingerprint density at radius 1 is 1.41 bits per heavy atom. The number of carbonyl (C=O) groups is 2. The van der Waals surface area contributed by atoms with Crippen LogP contribution in [0.25, 0.3) is 0 Å². The Balaban J connectivity index is 2.67. The number of rotatable bonds is 4. The molecule has 17 heavy (non-hydrogen) atoms. The Bertz CT molecular complexity index is 301. The van der Waals surface area contributed by atoms with Crippen molar-refractivity contribution in [3.63, 3.8) is 0 Å². The molecular formula is C11H20FN3O2. The highest BCUT2D eigenvalue weighted by atomic mass is 19.1. The highest BCUT2D eigenvalue weighted by Crippen LogP contribution is 2.20. The summed E-state index contributed by atoms with van der Waals surface area (Å²) in [5.41, 5.74) is -1.89. The van der Waals surface area contributed by atoms with Crippen LogP contribution in [0.4, 0.5) is 4.39 Å². The Morgan fingerprint density at radius 2 is 2.06 bits per heavy atom. The molecule has 0 bridgehead atoms. The first-order chi connectivity index (χ1) is 7.90. The van der Waals surface area contributed by atoms with Gasteiger partial charge in [0, 0.05) is 20.0 Å². The molecule has 6 heteroatoms. The van der Waals surface area contributed by atoms with Gasteiger partial charge in [0.1, 0.15) is 6.04 Å². The van der Waals surface area contributed by atoms with E-state index < -0.39 is 17.6 Å². The molecule has 1 rings (SSSR count). The molecular weight excluding hydrogens is 225 g/mol. The smallest absolute Gasteiger partial charge is 0.259 e. The van der Waals surface area contributed by atoms with Crippen LogP contribution in [0.15, 0.2) is 0 Å². The SMILES string of the molecule is CNC(=O)[C@@H](NC(=O)[C@@]1(F)CCNC1)C(C)C. The van der Waals surface area contributed by atoms with Crippen molar-refractivity contribution in [1.82, 2.24) is 16.0 Å². The van der Waals surface area contributed by atoms with Crippen molar-refractivity contribution in [2.45, 2.75) is 32.0 Å². The minimum Gasteiger partial charge on any atom is -0.357 e. The van der Waals surface area contributed by atoms with Crippen LogP contribution in [0.5, 0.6) is 0 Å². The molecule has 98 valence electrons. The van der Waals surface area contributed by atoms with E-state index in [1.165, 1.54) is 7.05 Å². The van der Waals surface area contributed by atoms with Crippen molar-refractivity contribution >= 4 is 11.8 Å². The van der Waals surface area contributed by atoms with Crippen molar-refractivity contribution < 1.29 is 14.0 Å². The van der Waals surface area contributed by atoms with Gasteiger partial charge < -0.3 is 16.0 Å². The van der Waals surface area contributed by atoms with Gasteiger partial charge in [-0.1, -0.05) is 13.8 Å². The molecule has 0 unspecified atom stereocenters. The van der Waals surface area contributed by atoms with Gasteiger partial charge in [-0.3, -0.25) is 9.59 Å². The second-order valence-electron chi connectivity index (χ2n) is 4.70. The van der Waals surface area contributed by atoms with E-state index >= 15 is 0 Å². The fourth-order valence-corrected chi connectivity index (χ4v) is 1.82. The van der Waals surface area contributed by atoms with Gasteiger partial charge in [0.15, 0.2) is 0 Å². The van der Waals surface area contributed by atoms with Crippen LogP contribution >= 0.6 is 0 Å². The molecule has 0 aliphatic carbocycles. The van der Waals surface area contributed by atoms with Gasteiger partial charge >= 0.3 is 0 Å². The summed E-state index contributed by atoms with van der Waals surface area (Å²) in [6.07, 6.45) is 0.150. The maximum Gasteiger partial charge on any atom is 0.259 e. The number of alkyl halides is 1. The lowest BCUT2D eigenvalue weighted by Crippen LogP contribution is -2.55. The van der Waals surface area contributed by atoms with Crippen LogP contribution in [0, 0.1) is 5.92 Å². The van der Waals surface area contributed by atoms with E-state index in [0.717, 1.165) is 0 Å². The quantitative estimate of drug-likeness (QED) is 0.630. The Morgan fingerprint density at radius 3 is 2.47 bits per heavy atom. The van der Waals surface area contributed by atoms with E-state index in [9.17, 15) is 14.0 Å². The van der Waals surface area contributed by atoms with E-state index in [1.807, 2.05) is 0 Å². The van der Waals surface area contributed by atoms with Gasteiger partial charge in [-0.15, -0.1) is 0 Å². The second kappa shape index (κ2) is 5.44. The number of nitrogens with one attached hydrogen (secondary N) is 3. The molecule has 1 aliphatic rings. The zero-order valence-electron chi connectivity index (χ0n) is 10.5. The highest BCUT2D eigenvalue weighted by molar-refractivity contribution is 5.91. The first-order valence-electron chi connectivity index (χ1n) is 5.83. The van der Waals surface area contributed by atoms with E-state index in [-0.39, 0.29) is 24.8 Å². The fraction of sp³-hybridized carbons (Fsp3) is 0.818. The average Bonchev–Trinajstić information content (AvgIpc) is 2.72. The number of amides is 2. The zero-order valence-corrected chi connectivity index (χ0v) is 10.5. The lowest BCUT2D eigenvalue weighted by molar-refractivity contribution is -0.136. The third-order valence-electron chi connectivity index (χ3n) is 2.99. The van der Waals surface area contributed by atoms with Gasteiger partial charge in [0.25, 0.3) is 5.91 Å². The van der Waals surface area contributed by atoms with Crippen LogP contribution in [0.2, 0.25) is 0 Å². The standard InChI is InChI=1S/C11H20FN3O2/c1-7(2)8(9(16)13-3)15-10(17)11(12)4-5-14-6-11/h7-8,14H,4-6H2,1-3H3,(H,13,16)(H,15,17)/t8-,11+/m0/s1. The average molecular weight is 245 g/mol. The Kier molecular flexibility index (Phi) is 4.45. The van der Waals surface area contributed by atoms with Gasteiger partial charge in [-0.05, 0) is 12.5 Å². The van der Waals surface area contributed by atoms with Gasteiger partial charge in [-0.2, -0.15) is 0 Å². The topological polar surface area (TPSA) is 70.2 Å². The summed E-state index contributed by atoms with van der Waals surface area (Å²) in [5.74, 6) is -1.09. The maximum absolute atomic E-state index is 14.1. The minimum atomic E-state index is -1.89. The molecule has 1 fully saturated rings. The lowest BCUT2D eigenvalue weighted by atomic mass is 10.00. The molecule has 0 spiro atoms. The largest absolute Gasteiger partial charge is 0.357 e. The molecule has 0 radical (unpaired) electrons. The van der Waals surface area contributed by atoms with Crippen LogP contribution in [-0.4, -0.2) is 43.7 Å². The molecule has 0 aromatic carbocycles. The lowest BCUT2D eigenvalue weighted by Gasteiger charge is -2.25. The first kappa shape index (κ1) is 13.9.